The van der Waals surface area contributed by atoms with Crippen LogP contribution in [-0.2, 0) is 33.3 Å². The van der Waals surface area contributed by atoms with Gasteiger partial charge in [0.25, 0.3) is 6.29 Å². The average molecular weight is 1210 g/mol. The van der Waals surface area contributed by atoms with Crippen molar-refractivity contribution in [2.24, 2.45) is 0 Å². The Hall–Kier alpha value is -4.31. The number of hydrogen-bond acceptors (Lipinski definition) is 7. The van der Waals surface area contributed by atoms with Gasteiger partial charge in [-0.25, -0.2) is 4.79 Å². The average Bonchev–Trinajstić information content (AvgIpc) is 3.59. The molecule has 0 heterocycles. The Morgan fingerprint density at radius 2 is 0.655 bits per heavy atom. The summed E-state index contributed by atoms with van der Waals surface area (Å²) < 4.78 is 22.9. The molecule has 0 bridgehead atoms. The van der Waals surface area contributed by atoms with Gasteiger partial charge in [0.05, 0.1) is 34.4 Å². The molecule has 0 rings (SSSR count). The lowest BCUT2D eigenvalue weighted by molar-refractivity contribution is -0.870. The Labute approximate surface area is 536 Å². The van der Waals surface area contributed by atoms with Crippen molar-refractivity contribution in [3.8, 4) is 0 Å². The quantitative estimate of drug-likeness (QED) is 0.0211. The maximum Gasteiger partial charge on any atom is 0.361 e. The summed E-state index contributed by atoms with van der Waals surface area (Å²) in [6, 6.07) is 0. The third-order valence-corrected chi connectivity index (χ3v) is 15.2. The second kappa shape index (κ2) is 67.6. The molecule has 0 aliphatic carbocycles. The maximum atomic E-state index is 12.9. The summed E-state index contributed by atoms with van der Waals surface area (Å²) in [7, 11) is 5.96. The smallest absolute Gasteiger partial charge is 0.361 e. The van der Waals surface area contributed by atoms with E-state index in [1.165, 1.54) is 167 Å². The number of nitrogens with zero attached hydrogens (tertiary/aromatic N) is 1. The molecular weight excluding hydrogens is 1080 g/mol. The molecule has 0 fully saturated rings. The molecule has 0 radical (unpaired) electrons. The van der Waals surface area contributed by atoms with Gasteiger partial charge in [-0.1, -0.05) is 315 Å². The molecule has 1 N–H and O–H groups in total. The molecule has 0 aromatic carbocycles. The van der Waals surface area contributed by atoms with E-state index in [9.17, 15) is 19.5 Å². The van der Waals surface area contributed by atoms with E-state index in [0.717, 1.165) is 96.3 Å². The van der Waals surface area contributed by atoms with Gasteiger partial charge in [0, 0.05) is 12.8 Å². The SMILES string of the molecule is CC/C=C\C/C=C\C/C=C\C/C=C\C/C=C\C/C=C\C/C=C\C/C=C\C/C=C\C/C=C\CCCCC(=O)OC(COC(=O)CCCCCCCCCCCCCCCCCCCCCCCCCCCCCCC)COC(OCC[N+](C)(C)C)C(=O)O. The third kappa shape index (κ3) is 69.0. The second-order valence-corrected chi connectivity index (χ2v) is 24.8. The third-order valence-electron chi connectivity index (χ3n) is 15.2. The van der Waals surface area contributed by atoms with Crippen molar-refractivity contribution in [3.05, 3.63) is 122 Å². The number of likely N-dealkylation sites (N-methyl/N-ethyl adjacent to an activating group) is 1. The van der Waals surface area contributed by atoms with E-state index < -0.39 is 24.3 Å². The van der Waals surface area contributed by atoms with Crippen LogP contribution in [0.15, 0.2) is 122 Å². The van der Waals surface area contributed by atoms with Crippen molar-refractivity contribution in [1.82, 2.24) is 0 Å². The van der Waals surface area contributed by atoms with Gasteiger partial charge in [-0.2, -0.15) is 0 Å². The number of carbonyl (C=O) groups excluding carboxylic acids is 2. The van der Waals surface area contributed by atoms with Gasteiger partial charge in [-0.05, 0) is 89.9 Å². The molecule has 0 aromatic heterocycles. The molecular formula is C78H134NO8+. The van der Waals surface area contributed by atoms with Gasteiger partial charge in [-0.15, -0.1) is 0 Å². The minimum atomic E-state index is -1.53. The Morgan fingerprint density at radius 1 is 0.356 bits per heavy atom. The predicted molar refractivity (Wildman–Crippen MR) is 373 cm³/mol. The zero-order valence-electron chi connectivity index (χ0n) is 56.9. The molecule has 2 unspecified atom stereocenters. The van der Waals surface area contributed by atoms with E-state index in [1.807, 2.05) is 21.1 Å². The first-order valence-corrected chi connectivity index (χ1v) is 35.7. The highest BCUT2D eigenvalue weighted by Crippen LogP contribution is 2.18. The summed E-state index contributed by atoms with van der Waals surface area (Å²) in [6.45, 7) is 4.74. The number of carbonyl (C=O) groups is 3. The zero-order chi connectivity index (χ0) is 63.3. The van der Waals surface area contributed by atoms with Crippen molar-refractivity contribution in [3.63, 3.8) is 0 Å². The van der Waals surface area contributed by atoms with Gasteiger partial charge in [-0.3, -0.25) is 9.59 Å². The highest BCUT2D eigenvalue weighted by Gasteiger charge is 2.25. The maximum absolute atomic E-state index is 12.9. The summed E-state index contributed by atoms with van der Waals surface area (Å²) in [5, 5.41) is 9.75. The van der Waals surface area contributed by atoms with Crippen LogP contribution in [0.2, 0.25) is 0 Å². The Kier molecular flexibility index (Phi) is 64.3. The fourth-order valence-corrected chi connectivity index (χ4v) is 9.81. The lowest BCUT2D eigenvalue weighted by atomic mass is 10.0. The molecule has 0 aliphatic heterocycles. The Morgan fingerprint density at radius 3 is 0.977 bits per heavy atom. The molecule has 0 saturated heterocycles. The van der Waals surface area contributed by atoms with Crippen LogP contribution < -0.4 is 0 Å². The predicted octanol–water partition coefficient (Wildman–Crippen LogP) is 22.4. The van der Waals surface area contributed by atoms with E-state index in [2.05, 4.69) is 135 Å². The van der Waals surface area contributed by atoms with Crippen LogP contribution in [0.1, 0.15) is 296 Å². The second-order valence-electron chi connectivity index (χ2n) is 24.8. The molecule has 9 heteroatoms. The number of ether oxygens (including phenoxy) is 4. The van der Waals surface area contributed by atoms with Crippen LogP contribution in [0.4, 0.5) is 0 Å². The first kappa shape index (κ1) is 82.7. The van der Waals surface area contributed by atoms with Crippen LogP contribution in [-0.4, -0.2) is 87.4 Å². The van der Waals surface area contributed by atoms with Crippen LogP contribution in [0, 0.1) is 0 Å². The normalized spacial score (nSPS) is 13.4. The summed E-state index contributed by atoms with van der Waals surface area (Å²) in [5.74, 6) is -2.06. The number of esters is 2. The Balaban J connectivity index is 4.22. The van der Waals surface area contributed by atoms with E-state index in [4.69, 9.17) is 18.9 Å². The Bertz CT molecular complexity index is 1840. The zero-order valence-corrected chi connectivity index (χ0v) is 56.9. The lowest BCUT2D eigenvalue weighted by Crippen LogP contribution is -2.40. The van der Waals surface area contributed by atoms with Crippen molar-refractivity contribution in [1.29, 1.82) is 0 Å². The van der Waals surface area contributed by atoms with Gasteiger partial charge >= 0.3 is 17.9 Å². The monoisotopic (exact) mass is 1210 g/mol. The number of allylic oxidation sites excluding steroid dienone is 20. The summed E-state index contributed by atoms with van der Waals surface area (Å²) >= 11 is 0. The molecule has 498 valence electrons. The van der Waals surface area contributed by atoms with E-state index >= 15 is 0 Å². The first-order chi connectivity index (χ1) is 42.6. The van der Waals surface area contributed by atoms with Crippen LogP contribution in [0.25, 0.3) is 0 Å². The number of rotatable bonds is 65. The number of carboxylic acid groups (broad SMARTS) is 1. The van der Waals surface area contributed by atoms with E-state index in [-0.39, 0.29) is 32.2 Å². The van der Waals surface area contributed by atoms with Crippen LogP contribution in [0.3, 0.4) is 0 Å². The molecule has 2 atom stereocenters. The topological polar surface area (TPSA) is 108 Å². The summed E-state index contributed by atoms with van der Waals surface area (Å²) in [5.41, 5.74) is 0. The van der Waals surface area contributed by atoms with E-state index in [0.29, 0.717) is 23.9 Å². The fraction of sp³-hybridized carbons (Fsp3) is 0.705. The minimum absolute atomic E-state index is 0.174. The van der Waals surface area contributed by atoms with Crippen molar-refractivity contribution in [2.45, 2.75) is 309 Å². The van der Waals surface area contributed by atoms with Crippen molar-refractivity contribution < 1.29 is 42.9 Å². The van der Waals surface area contributed by atoms with Crippen LogP contribution >= 0.6 is 0 Å². The standard InChI is InChI=1S/C78H133NO8/c1-6-8-10-12-14-16-18-20-22-24-26-28-30-32-34-36-37-38-39-41-43-45-47-49-51-53-55-57-59-61-63-65-67-69-76(81)87-74(73-86-78(77(82)83)84-71-70-79(3,4)5)72-85-75(80)68-66-64-62-60-58-56-54-52-50-48-46-44-42-40-35-33-31-29-27-25-23-21-19-17-15-13-11-9-7-2/h8,10,14,16,20,22,26,28,32,34,37-38,41,43,47,49,53,55,59,61,74,78H,6-7,9,11-13,15,17-19,21,23-25,27,29-31,33,35-36,39-40,42,44-46,48,50-52,54,56-58,60,62-73H2,1-5H3/p+1/b10-8-,16-14-,22-20-,28-26-,34-32-,38-37-,43-41-,49-47-,55-53-,61-59-. The van der Waals surface area contributed by atoms with Crippen LogP contribution in [0.5, 0.6) is 0 Å². The number of hydrogen-bond donors (Lipinski definition) is 1. The summed E-state index contributed by atoms with van der Waals surface area (Å²) in [4.78, 5) is 37.6. The van der Waals surface area contributed by atoms with Gasteiger partial charge in [0.1, 0.15) is 13.2 Å². The molecule has 0 aromatic rings. The molecule has 0 amide bonds. The lowest BCUT2D eigenvalue weighted by Gasteiger charge is -2.25. The van der Waals surface area contributed by atoms with Gasteiger partial charge in [0.2, 0.25) is 0 Å². The molecule has 9 nitrogen and oxygen atoms in total. The number of unbranched alkanes of at least 4 members (excludes halogenated alkanes) is 30. The van der Waals surface area contributed by atoms with Gasteiger partial charge in [0.15, 0.2) is 6.10 Å². The molecule has 87 heavy (non-hydrogen) atoms. The molecule has 0 aliphatic rings. The highest BCUT2D eigenvalue weighted by atomic mass is 16.7. The van der Waals surface area contributed by atoms with Crippen molar-refractivity contribution in [2.75, 3.05) is 47.5 Å². The minimum Gasteiger partial charge on any atom is -0.477 e. The van der Waals surface area contributed by atoms with Crippen molar-refractivity contribution >= 4 is 17.9 Å². The van der Waals surface area contributed by atoms with E-state index in [1.54, 1.807) is 0 Å². The number of aliphatic carboxylic acids is 1. The summed E-state index contributed by atoms with van der Waals surface area (Å²) in [6.07, 6.45) is 93.3. The number of carboxylic acids is 1. The highest BCUT2D eigenvalue weighted by molar-refractivity contribution is 5.71. The number of quaternary nitrogens is 1. The largest absolute Gasteiger partial charge is 0.477 e. The fourth-order valence-electron chi connectivity index (χ4n) is 9.81. The molecule has 0 saturated carbocycles. The van der Waals surface area contributed by atoms with Gasteiger partial charge < -0.3 is 28.5 Å². The first-order valence-electron chi connectivity index (χ1n) is 35.7. The molecule has 0 spiro atoms.